The van der Waals surface area contributed by atoms with Gasteiger partial charge in [0, 0.05) is 6.92 Å². The lowest BCUT2D eigenvalue weighted by molar-refractivity contribution is -0.146. The lowest BCUT2D eigenvalue weighted by Gasteiger charge is -2.09. The van der Waals surface area contributed by atoms with Gasteiger partial charge in [-0.3, -0.25) is 4.79 Å². The Morgan fingerprint density at radius 3 is 2.56 bits per heavy atom. The van der Waals surface area contributed by atoms with Crippen molar-refractivity contribution in [2.75, 3.05) is 7.11 Å². The average molecular weight is 227 g/mol. The topological polar surface area (TPSA) is 78.6 Å². The molecule has 0 bridgehead atoms. The van der Waals surface area contributed by atoms with Gasteiger partial charge < -0.3 is 14.0 Å². The van der Waals surface area contributed by atoms with Crippen LogP contribution in [0.3, 0.4) is 0 Å². The van der Waals surface area contributed by atoms with Crippen LogP contribution in [-0.4, -0.2) is 24.2 Å². The summed E-state index contributed by atoms with van der Waals surface area (Å²) in [4.78, 5) is 22.2. The molecule has 0 aliphatic rings. The van der Waals surface area contributed by atoms with Crippen molar-refractivity contribution >= 4 is 11.9 Å². The summed E-state index contributed by atoms with van der Waals surface area (Å²) in [6.45, 7) is 4.48. The van der Waals surface area contributed by atoms with Crippen LogP contribution in [0, 0.1) is 6.92 Å². The molecular weight excluding hydrogens is 214 g/mol. The first kappa shape index (κ1) is 12.2. The molecule has 0 aliphatic heterocycles. The molecule has 0 spiro atoms. The molecule has 1 atom stereocenters. The summed E-state index contributed by atoms with van der Waals surface area (Å²) in [6, 6.07) is 0. The fraction of sp³-hybridized carbons (Fsp3) is 0.500. The fourth-order valence-electron chi connectivity index (χ4n) is 1.32. The molecule has 1 rings (SSSR count). The second-order valence-electron chi connectivity index (χ2n) is 3.25. The Bertz CT molecular complexity index is 409. The number of ether oxygens (including phenoxy) is 2. The van der Waals surface area contributed by atoms with Crippen molar-refractivity contribution in [2.45, 2.75) is 26.9 Å². The molecule has 0 saturated heterocycles. The van der Waals surface area contributed by atoms with Gasteiger partial charge in [0.15, 0.2) is 11.9 Å². The van der Waals surface area contributed by atoms with Gasteiger partial charge in [-0.2, -0.15) is 0 Å². The Morgan fingerprint density at radius 1 is 1.44 bits per heavy atom. The van der Waals surface area contributed by atoms with Gasteiger partial charge in [0.1, 0.15) is 5.56 Å². The van der Waals surface area contributed by atoms with Crippen LogP contribution in [0.5, 0.6) is 0 Å². The van der Waals surface area contributed by atoms with Crippen molar-refractivity contribution in [1.82, 2.24) is 5.16 Å². The Balaban J connectivity index is 3.04. The number of rotatable bonds is 3. The highest BCUT2D eigenvalue weighted by molar-refractivity contribution is 5.91. The summed E-state index contributed by atoms with van der Waals surface area (Å²) < 4.78 is 14.4. The summed E-state index contributed by atoms with van der Waals surface area (Å²) in [5, 5.41) is 3.65. The van der Waals surface area contributed by atoms with Gasteiger partial charge >= 0.3 is 11.9 Å². The number of aryl methyl sites for hydroxylation is 1. The number of esters is 2. The van der Waals surface area contributed by atoms with Crippen LogP contribution in [0.15, 0.2) is 4.52 Å². The Morgan fingerprint density at radius 2 is 2.06 bits per heavy atom. The summed E-state index contributed by atoms with van der Waals surface area (Å²) >= 11 is 0. The van der Waals surface area contributed by atoms with Gasteiger partial charge in [-0.25, -0.2) is 4.79 Å². The van der Waals surface area contributed by atoms with Crippen molar-refractivity contribution < 1.29 is 23.6 Å². The molecule has 88 valence electrons. The number of nitrogens with zero attached hydrogens (tertiary/aromatic N) is 1. The molecule has 0 radical (unpaired) electrons. The Labute approximate surface area is 92.5 Å². The van der Waals surface area contributed by atoms with Crippen LogP contribution in [0.2, 0.25) is 0 Å². The third kappa shape index (κ3) is 2.39. The van der Waals surface area contributed by atoms with Crippen LogP contribution in [-0.2, 0) is 14.3 Å². The number of carbonyl (C=O) groups excluding carboxylic acids is 2. The van der Waals surface area contributed by atoms with E-state index in [1.165, 1.54) is 14.0 Å². The van der Waals surface area contributed by atoms with E-state index in [0.717, 1.165) is 0 Å². The molecular formula is C10H13NO5. The van der Waals surface area contributed by atoms with Crippen molar-refractivity contribution in [3.05, 3.63) is 17.0 Å². The van der Waals surface area contributed by atoms with Crippen molar-refractivity contribution in [3.63, 3.8) is 0 Å². The van der Waals surface area contributed by atoms with Gasteiger partial charge in [-0.05, 0) is 13.8 Å². The third-order valence-electron chi connectivity index (χ3n) is 1.99. The molecule has 16 heavy (non-hydrogen) atoms. The highest BCUT2D eigenvalue weighted by atomic mass is 16.6. The summed E-state index contributed by atoms with van der Waals surface area (Å²) in [7, 11) is 1.26. The van der Waals surface area contributed by atoms with Crippen molar-refractivity contribution in [3.8, 4) is 0 Å². The Hall–Kier alpha value is -1.85. The molecule has 1 aromatic rings. The highest BCUT2D eigenvalue weighted by Crippen LogP contribution is 2.24. The fourth-order valence-corrected chi connectivity index (χ4v) is 1.32. The largest absolute Gasteiger partial charge is 0.465 e. The van der Waals surface area contributed by atoms with E-state index in [9.17, 15) is 9.59 Å². The first-order chi connectivity index (χ1) is 7.47. The quantitative estimate of drug-likeness (QED) is 0.726. The van der Waals surface area contributed by atoms with Crippen LogP contribution in [0.4, 0.5) is 0 Å². The van der Waals surface area contributed by atoms with Gasteiger partial charge in [0.05, 0.1) is 12.8 Å². The van der Waals surface area contributed by atoms with Crippen LogP contribution in [0.25, 0.3) is 0 Å². The molecule has 0 aliphatic carbocycles. The molecule has 6 nitrogen and oxygen atoms in total. The predicted molar refractivity (Wildman–Crippen MR) is 52.8 cm³/mol. The second kappa shape index (κ2) is 4.78. The maximum absolute atomic E-state index is 11.4. The summed E-state index contributed by atoms with van der Waals surface area (Å²) in [6.07, 6.45) is -0.673. The lowest BCUT2D eigenvalue weighted by Crippen LogP contribution is -2.10. The molecule has 0 saturated carbocycles. The minimum absolute atomic E-state index is 0.194. The maximum atomic E-state index is 11.4. The van der Waals surface area contributed by atoms with Crippen LogP contribution in [0.1, 0.15) is 41.8 Å². The smallest absolute Gasteiger partial charge is 0.343 e. The van der Waals surface area contributed by atoms with Crippen LogP contribution >= 0.6 is 0 Å². The van der Waals surface area contributed by atoms with E-state index in [-0.39, 0.29) is 11.3 Å². The van der Waals surface area contributed by atoms with Gasteiger partial charge in [0.25, 0.3) is 0 Å². The first-order valence-electron chi connectivity index (χ1n) is 4.69. The van der Waals surface area contributed by atoms with E-state index in [0.29, 0.717) is 5.69 Å². The zero-order chi connectivity index (χ0) is 12.3. The van der Waals surface area contributed by atoms with Gasteiger partial charge in [0.2, 0.25) is 0 Å². The molecule has 1 aromatic heterocycles. The Kier molecular flexibility index (Phi) is 3.65. The second-order valence-corrected chi connectivity index (χ2v) is 3.25. The lowest BCUT2D eigenvalue weighted by atomic mass is 10.1. The zero-order valence-corrected chi connectivity index (χ0v) is 9.57. The first-order valence-corrected chi connectivity index (χ1v) is 4.69. The van der Waals surface area contributed by atoms with E-state index in [1.807, 2.05) is 0 Å². The normalized spacial score (nSPS) is 12.0. The van der Waals surface area contributed by atoms with Crippen molar-refractivity contribution in [1.29, 1.82) is 0 Å². The molecule has 0 amide bonds. The molecule has 1 heterocycles. The van der Waals surface area contributed by atoms with E-state index in [2.05, 4.69) is 9.89 Å². The SMILES string of the molecule is COC(=O)c1c(C)noc1C(C)OC(C)=O. The molecule has 0 aromatic carbocycles. The zero-order valence-electron chi connectivity index (χ0n) is 9.57. The number of methoxy groups -OCH3 is 1. The number of hydrogen-bond donors (Lipinski definition) is 0. The van der Waals surface area contributed by atoms with E-state index in [1.54, 1.807) is 13.8 Å². The monoisotopic (exact) mass is 227 g/mol. The predicted octanol–water partition coefficient (Wildman–Crippen LogP) is 1.39. The molecule has 1 unspecified atom stereocenters. The van der Waals surface area contributed by atoms with Crippen LogP contribution < -0.4 is 0 Å². The van der Waals surface area contributed by atoms with E-state index < -0.39 is 18.0 Å². The number of aromatic nitrogens is 1. The molecule has 0 N–H and O–H groups in total. The van der Waals surface area contributed by atoms with Gasteiger partial charge in [-0.1, -0.05) is 5.16 Å². The molecule has 6 heteroatoms. The minimum atomic E-state index is -0.673. The van der Waals surface area contributed by atoms with E-state index >= 15 is 0 Å². The summed E-state index contributed by atoms with van der Waals surface area (Å²) in [5.74, 6) is -0.829. The molecule has 0 fully saturated rings. The van der Waals surface area contributed by atoms with E-state index in [4.69, 9.17) is 9.26 Å². The number of carbonyl (C=O) groups is 2. The highest BCUT2D eigenvalue weighted by Gasteiger charge is 2.26. The number of hydrogen-bond acceptors (Lipinski definition) is 6. The van der Waals surface area contributed by atoms with Crippen molar-refractivity contribution in [2.24, 2.45) is 0 Å². The standard InChI is InChI=1S/C10H13NO5/c1-5-8(10(13)14-4)9(16-11-5)6(2)15-7(3)12/h6H,1-4H3. The maximum Gasteiger partial charge on any atom is 0.343 e. The minimum Gasteiger partial charge on any atom is -0.465 e. The van der Waals surface area contributed by atoms with Gasteiger partial charge in [-0.15, -0.1) is 0 Å². The average Bonchev–Trinajstić information content (AvgIpc) is 2.58. The third-order valence-corrected chi connectivity index (χ3v) is 1.99. The summed E-state index contributed by atoms with van der Waals surface area (Å²) in [5.41, 5.74) is 0.608.